The van der Waals surface area contributed by atoms with E-state index in [4.69, 9.17) is 28.9 Å². The zero-order valence-electron chi connectivity index (χ0n) is 9.73. The normalized spacial score (nSPS) is 11.1. The summed E-state index contributed by atoms with van der Waals surface area (Å²) in [6.07, 6.45) is 1.50. The van der Waals surface area contributed by atoms with Gasteiger partial charge in [-0.3, -0.25) is 0 Å². The van der Waals surface area contributed by atoms with Crippen LogP contribution in [-0.2, 0) is 5.21 Å². The number of amides is 1. The van der Waals surface area contributed by atoms with Gasteiger partial charge in [-0.2, -0.15) is 0 Å². The molecular formula is C12H10AsCl2N3O. The van der Waals surface area contributed by atoms with Gasteiger partial charge in [0.05, 0.1) is 0 Å². The fraction of sp³-hybridized carbons (Fsp3) is 0.0833. The van der Waals surface area contributed by atoms with E-state index in [-0.39, 0.29) is 5.28 Å². The number of halogens is 2. The summed E-state index contributed by atoms with van der Waals surface area (Å²) in [5, 5.41) is 1.43. The van der Waals surface area contributed by atoms with E-state index in [0.29, 0.717) is 10.6 Å². The van der Waals surface area contributed by atoms with E-state index in [0.717, 1.165) is 15.3 Å². The van der Waals surface area contributed by atoms with Crippen molar-refractivity contribution in [3.05, 3.63) is 51.9 Å². The Hall–Kier alpha value is -1.09. The van der Waals surface area contributed by atoms with Crippen molar-refractivity contribution < 1.29 is 4.79 Å². The van der Waals surface area contributed by atoms with E-state index >= 15 is 0 Å². The van der Waals surface area contributed by atoms with E-state index in [1.165, 1.54) is 6.20 Å². The van der Waals surface area contributed by atoms with Crippen LogP contribution in [0, 0.1) is 0 Å². The van der Waals surface area contributed by atoms with Gasteiger partial charge < -0.3 is 0 Å². The van der Waals surface area contributed by atoms with E-state index in [1.54, 1.807) is 12.1 Å². The number of nitrogens with zero attached hydrogens (tertiary/aromatic N) is 2. The van der Waals surface area contributed by atoms with Crippen LogP contribution >= 0.6 is 23.2 Å². The van der Waals surface area contributed by atoms with Crippen LogP contribution in [0.5, 0.6) is 0 Å². The summed E-state index contributed by atoms with van der Waals surface area (Å²) >= 11 is 11.1. The second-order valence-corrected chi connectivity index (χ2v) is 6.93. The van der Waals surface area contributed by atoms with Gasteiger partial charge in [-0.25, -0.2) is 0 Å². The average Bonchev–Trinajstić information content (AvgIpc) is 2.40. The van der Waals surface area contributed by atoms with Gasteiger partial charge in [0.1, 0.15) is 0 Å². The van der Waals surface area contributed by atoms with Gasteiger partial charge >= 0.3 is 127 Å². The van der Waals surface area contributed by atoms with Gasteiger partial charge in [0.25, 0.3) is 0 Å². The first kappa shape index (κ1) is 14.3. The van der Waals surface area contributed by atoms with E-state index in [2.05, 4.69) is 9.97 Å². The van der Waals surface area contributed by atoms with Crippen LogP contribution in [-0.4, -0.2) is 31.6 Å². The number of hydrogen-bond donors (Lipinski definition) is 1. The molecule has 4 nitrogen and oxygen atoms in total. The summed E-state index contributed by atoms with van der Waals surface area (Å²) in [4.78, 5) is 19.2. The predicted octanol–water partition coefficient (Wildman–Crippen LogP) is 1.14. The fourth-order valence-electron chi connectivity index (χ4n) is 1.56. The van der Waals surface area contributed by atoms with Crippen molar-refractivity contribution >= 4 is 49.3 Å². The van der Waals surface area contributed by atoms with Gasteiger partial charge in [0.15, 0.2) is 0 Å². The monoisotopic (exact) mass is 357 g/mol. The molecule has 1 amide bonds. The van der Waals surface area contributed by atoms with Crippen molar-refractivity contribution in [1.82, 2.24) is 9.97 Å². The molecule has 2 N–H and O–H groups in total. The molecule has 0 saturated heterocycles. The molecule has 0 saturated carbocycles. The molecule has 1 unspecified atom stereocenters. The topological polar surface area (TPSA) is 68.9 Å². The summed E-state index contributed by atoms with van der Waals surface area (Å²) in [7, 11) is 0. The van der Waals surface area contributed by atoms with E-state index in [1.807, 2.05) is 12.1 Å². The summed E-state index contributed by atoms with van der Waals surface area (Å²) in [5.41, 5.74) is 6.80. The van der Waals surface area contributed by atoms with Crippen LogP contribution in [0.3, 0.4) is 0 Å². The van der Waals surface area contributed by atoms with Crippen LogP contribution in [0.2, 0.25) is 10.3 Å². The second-order valence-electron chi connectivity index (χ2n) is 3.71. The van der Waals surface area contributed by atoms with Crippen molar-refractivity contribution in [3.63, 3.8) is 0 Å². The molecule has 98 valence electrons. The Balaban J connectivity index is 2.19. The maximum absolute atomic E-state index is 11.3. The number of carbonyl (C=O) groups excluding carboxylic acids is 1. The number of primary amides is 1. The number of hydrogen-bond acceptors (Lipinski definition) is 3. The molecule has 1 aromatic heterocycles. The Morgan fingerprint density at radius 3 is 2.79 bits per heavy atom. The molecule has 0 aliphatic heterocycles. The third kappa shape index (κ3) is 3.69. The molecular weight excluding hydrogens is 348 g/mol. The zero-order chi connectivity index (χ0) is 13.8. The van der Waals surface area contributed by atoms with Crippen LogP contribution in [0.4, 0.5) is 0 Å². The molecule has 1 aromatic carbocycles. The molecule has 1 atom stereocenters. The van der Waals surface area contributed by atoms with Crippen molar-refractivity contribution in [2.75, 3.05) is 0 Å². The Morgan fingerprint density at radius 1 is 1.32 bits per heavy atom. The standard InChI is InChI=1S/C12H10AsCl2N3O/c14-9-6-17-12(15)18-10(9)13-5-7-3-1-2-4-8(7)11(16)19/h1-4,6,13H,5H2,(H2,16,19). The molecule has 0 aliphatic carbocycles. The van der Waals surface area contributed by atoms with Gasteiger partial charge in [0.2, 0.25) is 0 Å². The molecule has 19 heavy (non-hydrogen) atoms. The van der Waals surface area contributed by atoms with Crippen molar-refractivity contribution in [2.45, 2.75) is 5.21 Å². The second kappa shape index (κ2) is 6.37. The van der Waals surface area contributed by atoms with Crippen LogP contribution in [0.15, 0.2) is 30.5 Å². The third-order valence-corrected chi connectivity index (χ3v) is 5.91. The third-order valence-electron chi connectivity index (χ3n) is 2.44. The number of benzene rings is 1. The Kier molecular flexibility index (Phi) is 4.80. The minimum absolute atomic E-state index is 0.186. The van der Waals surface area contributed by atoms with Crippen LogP contribution in [0.25, 0.3) is 0 Å². The molecule has 0 aliphatic rings. The SMILES string of the molecule is NC(=O)c1ccccc1C[AsH]c1nc(Cl)ncc1Cl. The molecule has 0 spiro atoms. The van der Waals surface area contributed by atoms with Gasteiger partial charge in [0, 0.05) is 0 Å². The first-order chi connectivity index (χ1) is 9.08. The van der Waals surface area contributed by atoms with Gasteiger partial charge in [-0.05, 0) is 0 Å². The molecule has 2 aromatic rings. The molecule has 2 rings (SSSR count). The number of aromatic nitrogens is 2. The van der Waals surface area contributed by atoms with Gasteiger partial charge in [-0.1, -0.05) is 0 Å². The van der Waals surface area contributed by atoms with Crippen molar-refractivity contribution in [1.29, 1.82) is 0 Å². The number of nitrogens with two attached hydrogens (primary N) is 1. The zero-order valence-corrected chi connectivity index (χ0v) is 13.3. The summed E-state index contributed by atoms with van der Waals surface area (Å²) in [5.74, 6) is -0.422. The minimum atomic E-state index is -0.654. The van der Waals surface area contributed by atoms with Gasteiger partial charge in [-0.15, -0.1) is 0 Å². The van der Waals surface area contributed by atoms with E-state index < -0.39 is 21.7 Å². The molecule has 7 heteroatoms. The first-order valence-corrected chi connectivity index (χ1v) is 8.66. The fourth-order valence-corrected chi connectivity index (χ4v) is 4.56. The Labute approximate surface area is 127 Å². The molecule has 0 fully saturated rings. The quantitative estimate of drug-likeness (QED) is 0.659. The summed E-state index contributed by atoms with van der Waals surface area (Å²) < 4.78 is 0.779. The number of carbonyl (C=O) groups is 1. The molecule has 1 heterocycles. The summed E-state index contributed by atoms with van der Waals surface area (Å²) in [6.45, 7) is 0. The average molecular weight is 358 g/mol. The first-order valence-electron chi connectivity index (χ1n) is 5.37. The Morgan fingerprint density at radius 2 is 2.05 bits per heavy atom. The van der Waals surface area contributed by atoms with Crippen molar-refractivity contribution in [3.8, 4) is 0 Å². The molecule has 0 radical (unpaired) electrons. The van der Waals surface area contributed by atoms with Crippen LogP contribution in [0.1, 0.15) is 15.9 Å². The van der Waals surface area contributed by atoms with Crippen LogP contribution < -0.4 is 10.2 Å². The molecule has 0 bridgehead atoms. The van der Waals surface area contributed by atoms with Crippen molar-refractivity contribution in [2.24, 2.45) is 5.73 Å². The maximum atomic E-state index is 11.3. The predicted molar refractivity (Wildman–Crippen MR) is 77.5 cm³/mol. The Bertz CT molecular complexity index is 622. The van der Waals surface area contributed by atoms with E-state index in [9.17, 15) is 4.79 Å². The number of rotatable bonds is 4. The summed E-state index contributed by atoms with van der Waals surface area (Å²) in [6, 6.07) is 7.28.